The minimum Gasteiger partial charge on any atom is -0.311 e. The van der Waals surface area contributed by atoms with Crippen LogP contribution in [0.2, 0.25) is 0 Å². The van der Waals surface area contributed by atoms with E-state index in [0.717, 1.165) is 0 Å². The lowest BCUT2D eigenvalue weighted by Crippen LogP contribution is -2.55. The summed E-state index contributed by atoms with van der Waals surface area (Å²) in [7, 11) is 0. The average molecular weight is 876 g/mol. The van der Waals surface area contributed by atoms with Crippen LogP contribution < -0.4 is 21.3 Å². The highest BCUT2D eigenvalue weighted by atomic mass is 32.1. The second-order valence-electron chi connectivity index (χ2n) is 21.7. The zero-order valence-electron chi connectivity index (χ0n) is 39.2. The van der Waals surface area contributed by atoms with Gasteiger partial charge in [-0.15, -0.1) is 11.3 Å². The van der Waals surface area contributed by atoms with Gasteiger partial charge in [-0.3, -0.25) is 0 Å². The molecule has 0 saturated heterocycles. The lowest BCUT2D eigenvalue weighted by atomic mass is 9.36. The number of thiophene rings is 1. The van der Waals surface area contributed by atoms with Crippen LogP contribution >= 0.6 is 11.3 Å². The van der Waals surface area contributed by atoms with E-state index in [4.69, 9.17) is 0 Å². The van der Waals surface area contributed by atoms with E-state index >= 15 is 0 Å². The average Bonchev–Trinajstić information content (AvgIpc) is 4.01. The van der Waals surface area contributed by atoms with E-state index in [1.165, 1.54) is 137 Å². The molecule has 0 unspecified atom stereocenters. The third-order valence-electron chi connectivity index (χ3n) is 16.2. The molecule has 0 fully saturated rings. The summed E-state index contributed by atoms with van der Waals surface area (Å²) in [6, 6.07) is 68.2. The summed E-state index contributed by atoms with van der Waals surface area (Å²) in [5.41, 5.74) is 27.8. The van der Waals surface area contributed by atoms with Crippen molar-refractivity contribution in [3.63, 3.8) is 0 Å². The molecule has 1 aromatic heterocycles. The number of anilines is 3. The van der Waals surface area contributed by atoms with Crippen molar-refractivity contribution < 1.29 is 0 Å². The van der Waals surface area contributed by atoms with Gasteiger partial charge >= 0.3 is 0 Å². The van der Waals surface area contributed by atoms with Crippen LogP contribution in [0.1, 0.15) is 76.3 Å². The van der Waals surface area contributed by atoms with E-state index in [9.17, 15) is 0 Å². The Morgan fingerprint density at radius 2 is 1.04 bits per heavy atom. The van der Waals surface area contributed by atoms with Gasteiger partial charge in [-0.2, -0.15) is 0 Å². The van der Waals surface area contributed by atoms with Gasteiger partial charge in [0.2, 0.25) is 6.71 Å². The van der Waals surface area contributed by atoms with Crippen LogP contribution in [0.25, 0.3) is 75.8 Å². The summed E-state index contributed by atoms with van der Waals surface area (Å²) >= 11 is 1.89. The van der Waals surface area contributed by atoms with Crippen molar-refractivity contribution in [1.82, 2.24) is 0 Å². The zero-order chi connectivity index (χ0) is 45.3. The Kier molecular flexibility index (Phi) is 7.83. The third kappa shape index (κ3) is 5.32. The number of rotatable bonds is 3. The molecular formula is C64H50BNS. The third-order valence-corrected chi connectivity index (χ3v) is 17.4. The number of hydrogen-bond acceptors (Lipinski definition) is 2. The Hall–Kier alpha value is -6.94. The largest absolute Gasteiger partial charge is 0.311 e. The maximum absolute atomic E-state index is 2.68. The molecular weight excluding hydrogens is 826 g/mol. The molecule has 2 aliphatic carbocycles. The molecule has 0 saturated carbocycles. The molecule has 0 bridgehead atoms. The smallest absolute Gasteiger partial charge is 0.248 e. The van der Waals surface area contributed by atoms with Gasteiger partial charge in [-0.1, -0.05) is 175 Å². The molecule has 14 rings (SSSR count). The number of nitrogens with zero attached hydrogens (tertiary/aromatic N) is 1. The van der Waals surface area contributed by atoms with Crippen molar-refractivity contribution in [1.29, 1.82) is 0 Å². The van der Waals surface area contributed by atoms with Crippen LogP contribution in [0.3, 0.4) is 0 Å². The van der Waals surface area contributed by atoms with E-state index in [1.807, 2.05) is 11.3 Å². The van der Waals surface area contributed by atoms with Gasteiger partial charge < -0.3 is 4.90 Å². The first-order valence-electron chi connectivity index (χ1n) is 24.0. The summed E-state index contributed by atoms with van der Waals surface area (Å²) in [5.74, 6) is 0. The number of benzene rings is 9. The quantitative estimate of drug-likeness (QED) is 0.160. The highest BCUT2D eigenvalue weighted by molar-refractivity contribution is 7.25. The van der Waals surface area contributed by atoms with Gasteiger partial charge in [0.25, 0.3) is 0 Å². The molecule has 2 aliphatic heterocycles. The number of fused-ring (bicyclic) bond motifs is 14. The van der Waals surface area contributed by atoms with Crippen LogP contribution in [-0.2, 0) is 16.2 Å². The molecule has 0 N–H and O–H groups in total. The van der Waals surface area contributed by atoms with Crippen molar-refractivity contribution in [2.75, 3.05) is 4.90 Å². The summed E-state index contributed by atoms with van der Waals surface area (Å²) in [5, 5.41) is 2.65. The molecule has 0 atom stereocenters. The molecule has 1 nitrogen and oxygen atoms in total. The summed E-state index contributed by atoms with van der Waals surface area (Å²) in [4.78, 5) is 2.68. The highest BCUT2D eigenvalue weighted by Crippen LogP contribution is 2.55. The molecule has 9 aromatic carbocycles. The summed E-state index contributed by atoms with van der Waals surface area (Å²) < 4.78 is 2.66. The molecule has 3 heteroatoms. The van der Waals surface area contributed by atoms with E-state index < -0.39 is 0 Å². The summed E-state index contributed by atoms with van der Waals surface area (Å²) in [6.45, 7) is 16.8. The molecule has 10 aromatic rings. The molecule has 4 aliphatic rings. The van der Waals surface area contributed by atoms with E-state index in [1.54, 1.807) is 0 Å². The van der Waals surface area contributed by atoms with Gasteiger partial charge in [-0.05, 0) is 149 Å². The minimum atomic E-state index is -0.143. The fourth-order valence-corrected chi connectivity index (χ4v) is 13.8. The maximum atomic E-state index is 2.68. The van der Waals surface area contributed by atoms with Gasteiger partial charge in [0.15, 0.2) is 0 Å². The Morgan fingerprint density at radius 3 is 1.78 bits per heavy atom. The number of hydrogen-bond donors (Lipinski definition) is 0. The lowest BCUT2D eigenvalue weighted by molar-refractivity contribution is 0.590. The topological polar surface area (TPSA) is 3.24 Å². The second kappa shape index (κ2) is 13.4. The van der Waals surface area contributed by atoms with E-state index in [0.29, 0.717) is 0 Å². The highest BCUT2D eigenvalue weighted by Gasteiger charge is 2.48. The monoisotopic (exact) mass is 875 g/mol. The van der Waals surface area contributed by atoms with Crippen molar-refractivity contribution >= 4 is 71.7 Å². The molecule has 0 radical (unpaired) electrons. The fraction of sp³-hybridized carbons (Fsp3) is 0.156. The first-order valence-corrected chi connectivity index (χ1v) is 24.8. The predicted octanol–water partition coefficient (Wildman–Crippen LogP) is 15.6. The van der Waals surface area contributed by atoms with Crippen LogP contribution in [0.15, 0.2) is 176 Å². The van der Waals surface area contributed by atoms with Gasteiger partial charge in [0.1, 0.15) is 0 Å². The van der Waals surface area contributed by atoms with Crippen LogP contribution in [0.4, 0.5) is 17.1 Å². The molecule has 0 spiro atoms. The maximum Gasteiger partial charge on any atom is 0.248 e. The predicted molar refractivity (Wildman–Crippen MR) is 289 cm³/mol. The standard InChI is InChI=1S/C64H50BNS/c1-62(2,3)40-26-27-56(44(32-40)37-17-9-8-10-18-37)66-57-34-46-42-20-12-15-23-51(42)64(6,7)53(46)36-55(57)65-54-35-52-45(41-19-11-14-22-50(41)63(52,4)5)33-47(54)49-30-39(31-58(66)61(49)65)38-25-28-60-48(29-38)43-21-13-16-24-59(43)67-60/h8-36H,1-7H3. The Bertz CT molecular complexity index is 3800. The SMILES string of the molecule is CC(C)(C)c1ccc(N2c3cc4c(cc3B3c5cc6c(cc5-c5cc(-c7ccc8sc9ccccc9c8c7)cc2c53)-c2ccccc2C6(C)C)C(C)(C)c2ccccc2-4)c(-c2ccccc2)c1. The Labute approximate surface area is 398 Å². The van der Waals surface area contributed by atoms with Crippen LogP contribution in [0.5, 0.6) is 0 Å². The molecule has 3 heterocycles. The van der Waals surface area contributed by atoms with Gasteiger partial charge in [-0.25, -0.2) is 0 Å². The van der Waals surface area contributed by atoms with Crippen molar-refractivity contribution in [2.24, 2.45) is 0 Å². The normalized spacial score (nSPS) is 15.3. The van der Waals surface area contributed by atoms with Crippen LogP contribution in [0, 0.1) is 0 Å². The zero-order valence-corrected chi connectivity index (χ0v) is 40.0. The minimum absolute atomic E-state index is 0.0247. The molecule has 320 valence electrons. The Balaban J connectivity index is 1.12. The first-order chi connectivity index (χ1) is 32.4. The van der Waals surface area contributed by atoms with Crippen LogP contribution in [-0.4, -0.2) is 6.71 Å². The lowest BCUT2D eigenvalue weighted by Gasteiger charge is -2.39. The van der Waals surface area contributed by atoms with Gasteiger partial charge in [0.05, 0.1) is 5.69 Å². The first kappa shape index (κ1) is 39.3. The van der Waals surface area contributed by atoms with Crippen molar-refractivity contribution in [3.05, 3.63) is 204 Å². The molecule has 0 amide bonds. The summed E-state index contributed by atoms with van der Waals surface area (Å²) in [6.07, 6.45) is 0. The molecule has 67 heavy (non-hydrogen) atoms. The van der Waals surface area contributed by atoms with E-state index in [2.05, 4.69) is 229 Å². The van der Waals surface area contributed by atoms with Crippen molar-refractivity contribution in [2.45, 2.75) is 64.7 Å². The fourth-order valence-electron chi connectivity index (χ4n) is 12.8. The second-order valence-corrected chi connectivity index (χ2v) is 22.7. The van der Waals surface area contributed by atoms with E-state index in [-0.39, 0.29) is 23.0 Å². The van der Waals surface area contributed by atoms with Gasteiger partial charge in [0, 0.05) is 47.9 Å². The van der Waals surface area contributed by atoms with Crippen molar-refractivity contribution in [3.8, 4) is 55.6 Å². The Morgan fingerprint density at radius 1 is 0.403 bits per heavy atom.